The van der Waals surface area contributed by atoms with E-state index in [2.05, 4.69) is 38.4 Å². The molecular weight excluding hydrogens is 366 g/mol. The summed E-state index contributed by atoms with van der Waals surface area (Å²) in [5, 5.41) is 4.39. The lowest BCUT2D eigenvalue weighted by Gasteiger charge is -2.04. The van der Waals surface area contributed by atoms with Gasteiger partial charge in [-0.05, 0) is 33.6 Å². The Balaban J connectivity index is 1.64. The number of nitrogens with zero attached hydrogens (tertiary/aromatic N) is 3. The molecule has 0 saturated carbocycles. The molecule has 6 heteroatoms. The molecule has 0 aliphatic heterocycles. The largest absolute Gasteiger partial charge is 0.369 e. The molecule has 3 N–H and O–H groups in total. The zero-order valence-electron chi connectivity index (χ0n) is 12.9. The first kappa shape index (κ1) is 15.1. The molecule has 4 aromatic rings. The van der Waals surface area contributed by atoms with E-state index in [1.165, 1.54) is 5.56 Å². The Bertz CT molecular complexity index is 1010. The van der Waals surface area contributed by atoms with Crippen LogP contribution in [0.1, 0.15) is 11.3 Å². The van der Waals surface area contributed by atoms with Gasteiger partial charge >= 0.3 is 0 Å². The third kappa shape index (κ3) is 2.74. The van der Waals surface area contributed by atoms with Crippen LogP contribution in [0, 0.1) is 0 Å². The molecule has 0 atom stereocenters. The van der Waals surface area contributed by atoms with Crippen molar-refractivity contribution < 1.29 is 0 Å². The van der Waals surface area contributed by atoms with Crippen LogP contribution in [0.4, 0.5) is 5.95 Å². The molecule has 2 aromatic carbocycles. The minimum atomic E-state index is 0.436. The third-order valence-electron chi connectivity index (χ3n) is 3.93. The molecule has 0 spiro atoms. The van der Waals surface area contributed by atoms with Gasteiger partial charge in [0.15, 0.2) is 0 Å². The molecule has 4 rings (SSSR count). The lowest BCUT2D eigenvalue weighted by Crippen LogP contribution is -2.12. The van der Waals surface area contributed by atoms with E-state index in [4.69, 9.17) is 10.7 Å². The number of benzene rings is 2. The maximum Gasteiger partial charge on any atom is 0.206 e. The number of nitrogen functional groups attached to an aromatic ring is 1. The van der Waals surface area contributed by atoms with Crippen LogP contribution in [0.5, 0.6) is 0 Å². The van der Waals surface area contributed by atoms with Crippen molar-refractivity contribution in [3.05, 3.63) is 70.5 Å². The standard InChI is InChI=1S/C18H16BrN5/c19-15-8-4-7-14-16(15)23-18(20)24-11-13(22-17(14)24)10-21-9-12-5-2-1-3-6-12/h1-8,11,21H,9-10H2,(H2,20,23). The molecule has 0 aliphatic carbocycles. The number of rotatable bonds is 4. The fourth-order valence-corrected chi connectivity index (χ4v) is 3.24. The van der Waals surface area contributed by atoms with E-state index >= 15 is 0 Å². The predicted molar refractivity (Wildman–Crippen MR) is 99.6 cm³/mol. The van der Waals surface area contributed by atoms with Crippen LogP contribution >= 0.6 is 15.9 Å². The van der Waals surface area contributed by atoms with Crippen molar-refractivity contribution >= 4 is 38.4 Å². The summed E-state index contributed by atoms with van der Waals surface area (Å²) in [6.07, 6.45) is 1.94. The molecule has 0 amide bonds. The number of fused-ring (bicyclic) bond motifs is 3. The second-order valence-electron chi connectivity index (χ2n) is 5.62. The lowest BCUT2D eigenvalue weighted by atomic mass is 10.2. The Morgan fingerprint density at radius 3 is 2.67 bits per heavy atom. The normalized spacial score (nSPS) is 11.4. The average molecular weight is 382 g/mol. The van der Waals surface area contributed by atoms with E-state index in [-0.39, 0.29) is 0 Å². The maximum atomic E-state index is 6.09. The molecule has 5 nitrogen and oxygen atoms in total. The van der Waals surface area contributed by atoms with Gasteiger partial charge in [0.05, 0.1) is 11.2 Å². The highest BCUT2D eigenvalue weighted by molar-refractivity contribution is 9.10. The van der Waals surface area contributed by atoms with Crippen molar-refractivity contribution in [1.29, 1.82) is 0 Å². The van der Waals surface area contributed by atoms with Crippen LogP contribution < -0.4 is 11.1 Å². The van der Waals surface area contributed by atoms with Gasteiger partial charge in [-0.15, -0.1) is 0 Å². The summed E-state index contributed by atoms with van der Waals surface area (Å²) < 4.78 is 2.76. The minimum Gasteiger partial charge on any atom is -0.369 e. The Morgan fingerprint density at radius 2 is 1.83 bits per heavy atom. The van der Waals surface area contributed by atoms with Crippen LogP contribution in [-0.4, -0.2) is 14.4 Å². The first-order valence-electron chi connectivity index (χ1n) is 7.69. The number of halogens is 1. The Morgan fingerprint density at radius 1 is 1.00 bits per heavy atom. The first-order chi connectivity index (χ1) is 11.7. The summed E-state index contributed by atoms with van der Waals surface area (Å²) >= 11 is 3.52. The highest BCUT2D eigenvalue weighted by Gasteiger charge is 2.11. The molecule has 0 bridgehead atoms. The van der Waals surface area contributed by atoms with Crippen LogP contribution in [0.3, 0.4) is 0 Å². The van der Waals surface area contributed by atoms with E-state index in [0.717, 1.165) is 33.3 Å². The summed E-state index contributed by atoms with van der Waals surface area (Å²) in [4.78, 5) is 9.21. The molecule has 0 aliphatic rings. The number of hydrogen-bond acceptors (Lipinski definition) is 4. The zero-order valence-corrected chi connectivity index (χ0v) is 14.5. The zero-order chi connectivity index (χ0) is 16.5. The summed E-state index contributed by atoms with van der Waals surface area (Å²) in [6.45, 7) is 1.47. The van der Waals surface area contributed by atoms with Crippen molar-refractivity contribution in [1.82, 2.24) is 19.7 Å². The van der Waals surface area contributed by atoms with Crippen LogP contribution in [0.25, 0.3) is 16.6 Å². The second-order valence-corrected chi connectivity index (χ2v) is 6.48. The molecule has 120 valence electrons. The maximum absolute atomic E-state index is 6.09. The minimum absolute atomic E-state index is 0.436. The van der Waals surface area contributed by atoms with Crippen molar-refractivity contribution in [2.75, 3.05) is 5.73 Å². The highest BCUT2D eigenvalue weighted by Crippen LogP contribution is 2.26. The molecular formula is C18H16BrN5. The van der Waals surface area contributed by atoms with Gasteiger partial charge in [0.1, 0.15) is 5.65 Å². The summed E-state index contributed by atoms with van der Waals surface area (Å²) in [5.74, 6) is 0.436. The fourth-order valence-electron chi connectivity index (χ4n) is 2.79. The number of nitrogens with two attached hydrogens (primary N) is 1. The number of imidazole rings is 1. The quantitative estimate of drug-likeness (QED) is 0.567. The van der Waals surface area contributed by atoms with Crippen molar-refractivity contribution in [2.45, 2.75) is 13.1 Å². The molecule has 0 saturated heterocycles. The van der Waals surface area contributed by atoms with E-state index < -0.39 is 0 Å². The van der Waals surface area contributed by atoms with Crippen molar-refractivity contribution in [2.24, 2.45) is 0 Å². The Hall–Kier alpha value is -2.44. The van der Waals surface area contributed by atoms with Gasteiger partial charge in [-0.3, -0.25) is 4.40 Å². The van der Waals surface area contributed by atoms with Crippen LogP contribution in [-0.2, 0) is 13.1 Å². The van der Waals surface area contributed by atoms with Gasteiger partial charge in [0, 0.05) is 29.1 Å². The van der Waals surface area contributed by atoms with Gasteiger partial charge in [-0.1, -0.05) is 36.4 Å². The average Bonchev–Trinajstić information content (AvgIpc) is 3.02. The Kier molecular flexibility index (Phi) is 3.92. The SMILES string of the molecule is Nc1nc2c(Br)cccc2c2nc(CNCc3ccccc3)cn12. The summed E-state index contributed by atoms with van der Waals surface area (Å²) in [5.41, 5.74) is 9.94. The number of hydrogen-bond donors (Lipinski definition) is 2. The van der Waals surface area contributed by atoms with Crippen LogP contribution in [0.15, 0.2) is 59.2 Å². The monoisotopic (exact) mass is 381 g/mol. The van der Waals surface area contributed by atoms with Crippen LogP contribution in [0.2, 0.25) is 0 Å². The van der Waals surface area contributed by atoms with E-state index in [0.29, 0.717) is 12.5 Å². The summed E-state index contributed by atoms with van der Waals surface area (Å²) in [7, 11) is 0. The fraction of sp³-hybridized carbons (Fsp3) is 0.111. The predicted octanol–water partition coefficient (Wildman–Crippen LogP) is 3.52. The molecule has 0 fully saturated rings. The van der Waals surface area contributed by atoms with Crippen molar-refractivity contribution in [3.8, 4) is 0 Å². The van der Waals surface area contributed by atoms with E-state index in [9.17, 15) is 0 Å². The number of aromatic nitrogens is 3. The van der Waals surface area contributed by atoms with Crippen molar-refractivity contribution in [3.63, 3.8) is 0 Å². The lowest BCUT2D eigenvalue weighted by molar-refractivity contribution is 0.683. The Labute approximate surface area is 147 Å². The molecule has 24 heavy (non-hydrogen) atoms. The van der Waals surface area contributed by atoms with Gasteiger partial charge in [0.2, 0.25) is 5.95 Å². The first-order valence-corrected chi connectivity index (χ1v) is 8.48. The number of nitrogens with one attached hydrogen (secondary N) is 1. The molecule has 2 aromatic heterocycles. The smallest absolute Gasteiger partial charge is 0.206 e. The molecule has 2 heterocycles. The third-order valence-corrected chi connectivity index (χ3v) is 4.57. The summed E-state index contributed by atoms with van der Waals surface area (Å²) in [6, 6.07) is 16.2. The second kappa shape index (κ2) is 6.22. The van der Waals surface area contributed by atoms with E-state index in [1.807, 2.05) is 47.0 Å². The van der Waals surface area contributed by atoms with Gasteiger partial charge in [0.25, 0.3) is 0 Å². The van der Waals surface area contributed by atoms with Gasteiger partial charge in [-0.25, -0.2) is 9.97 Å². The van der Waals surface area contributed by atoms with Gasteiger partial charge < -0.3 is 11.1 Å². The number of para-hydroxylation sites is 1. The molecule has 0 radical (unpaired) electrons. The number of anilines is 1. The van der Waals surface area contributed by atoms with E-state index in [1.54, 1.807) is 0 Å². The highest BCUT2D eigenvalue weighted by atomic mass is 79.9. The molecule has 0 unspecified atom stereocenters. The van der Waals surface area contributed by atoms with Gasteiger partial charge in [-0.2, -0.15) is 0 Å². The topological polar surface area (TPSA) is 68.2 Å².